The second-order valence-electron chi connectivity index (χ2n) is 4.82. The van der Waals surface area contributed by atoms with E-state index < -0.39 is 0 Å². The van der Waals surface area contributed by atoms with Crippen molar-refractivity contribution in [2.75, 3.05) is 6.54 Å². The van der Waals surface area contributed by atoms with Crippen LogP contribution in [0, 0.1) is 0 Å². The first-order valence-electron chi connectivity index (χ1n) is 6.60. The van der Waals surface area contributed by atoms with Gasteiger partial charge in [0.25, 0.3) is 0 Å². The molecule has 1 aromatic carbocycles. The van der Waals surface area contributed by atoms with Crippen molar-refractivity contribution < 1.29 is 4.42 Å². The van der Waals surface area contributed by atoms with Crippen LogP contribution in [0.5, 0.6) is 0 Å². The van der Waals surface area contributed by atoms with Gasteiger partial charge in [0.15, 0.2) is 0 Å². The van der Waals surface area contributed by atoms with Crippen LogP contribution in [0.2, 0.25) is 0 Å². The molecule has 1 heterocycles. The molecule has 0 bridgehead atoms. The molecular formula is C16H21NO. The summed E-state index contributed by atoms with van der Waals surface area (Å²) in [6.45, 7) is 8.25. The van der Waals surface area contributed by atoms with Crippen molar-refractivity contribution in [3.05, 3.63) is 47.7 Å². The molecule has 0 aliphatic heterocycles. The third-order valence-electron chi connectivity index (χ3n) is 3.07. The van der Waals surface area contributed by atoms with E-state index in [9.17, 15) is 0 Å². The summed E-state index contributed by atoms with van der Waals surface area (Å²) < 4.78 is 5.81. The fourth-order valence-electron chi connectivity index (χ4n) is 1.91. The number of hydrogen-bond acceptors (Lipinski definition) is 2. The molecule has 18 heavy (non-hydrogen) atoms. The molecule has 2 rings (SSSR count). The van der Waals surface area contributed by atoms with Gasteiger partial charge < -0.3 is 9.73 Å². The molecule has 2 nitrogen and oxygen atoms in total. The number of hydrogen-bond donors (Lipinski definition) is 1. The highest BCUT2D eigenvalue weighted by Gasteiger charge is 2.05. The fraction of sp³-hybridized carbons (Fsp3) is 0.375. The van der Waals surface area contributed by atoms with E-state index in [0.29, 0.717) is 5.92 Å². The molecule has 0 spiro atoms. The highest BCUT2D eigenvalue weighted by Crippen LogP contribution is 2.24. The highest BCUT2D eigenvalue weighted by atomic mass is 16.3. The van der Waals surface area contributed by atoms with Crippen molar-refractivity contribution in [3.63, 3.8) is 0 Å². The van der Waals surface area contributed by atoms with Crippen LogP contribution in [0.3, 0.4) is 0 Å². The SMILES string of the molecule is CCNCc1ccc(-c2ccc(C(C)C)cc2)o1. The van der Waals surface area contributed by atoms with Crippen LogP contribution in [0.25, 0.3) is 11.3 Å². The standard InChI is InChI=1S/C16H21NO/c1-4-17-11-15-9-10-16(18-15)14-7-5-13(6-8-14)12(2)3/h5-10,12,17H,4,11H2,1-3H3. The van der Waals surface area contributed by atoms with E-state index in [1.165, 1.54) is 5.56 Å². The van der Waals surface area contributed by atoms with Gasteiger partial charge in [0.05, 0.1) is 6.54 Å². The number of furan rings is 1. The molecule has 0 aliphatic rings. The molecule has 2 heteroatoms. The Morgan fingerprint density at radius 3 is 2.39 bits per heavy atom. The van der Waals surface area contributed by atoms with Gasteiger partial charge in [0, 0.05) is 5.56 Å². The van der Waals surface area contributed by atoms with Gasteiger partial charge in [0.1, 0.15) is 11.5 Å². The molecule has 0 fully saturated rings. The van der Waals surface area contributed by atoms with Crippen LogP contribution in [0.1, 0.15) is 38.0 Å². The van der Waals surface area contributed by atoms with Crippen LogP contribution in [0.15, 0.2) is 40.8 Å². The predicted octanol–water partition coefficient (Wildman–Crippen LogP) is 4.18. The zero-order chi connectivity index (χ0) is 13.0. The van der Waals surface area contributed by atoms with E-state index >= 15 is 0 Å². The lowest BCUT2D eigenvalue weighted by Crippen LogP contribution is -2.10. The van der Waals surface area contributed by atoms with Gasteiger partial charge in [-0.05, 0) is 30.2 Å². The quantitative estimate of drug-likeness (QED) is 0.852. The van der Waals surface area contributed by atoms with Crippen LogP contribution < -0.4 is 5.32 Å². The summed E-state index contributed by atoms with van der Waals surface area (Å²) in [5.41, 5.74) is 2.50. The van der Waals surface area contributed by atoms with E-state index in [2.05, 4.69) is 50.4 Å². The summed E-state index contributed by atoms with van der Waals surface area (Å²) in [6.07, 6.45) is 0. The van der Waals surface area contributed by atoms with Crippen LogP contribution in [-0.4, -0.2) is 6.54 Å². The van der Waals surface area contributed by atoms with Crippen LogP contribution in [-0.2, 0) is 6.54 Å². The second kappa shape index (κ2) is 5.87. The molecule has 1 aromatic heterocycles. The molecule has 0 atom stereocenters. The Balaban J connectivity index is 2.13. The maximum Gasteiger partial charge on any atom is 0.134 e. The van der Waals surface area contributed by atoms with Crippen molar-refractivity contribution >= 4 is 0 Å². The van der Waals surface area contributed by atoms with E-state index in [-0.39, 0.29) is 0 Å². The lowest BCUT2D eigenvalue weighted by Gasteiger charge is -2.05. The zero-order valence-electron chi connectivity index (χ0n) is 11.4. The molecule has 96 valence electrons. The lowest BCUT2D eigenvalue weighted by molar-refractivity contribution is 0.498. The van der Waals surface area contributed by atoms with Gasteiger partial charge in [-0.2, -0.15) is 0 Å². The third-order valence-corrected chi connectivity index (χ3v) is 3.07. The first-order valence-corrected chi connectivity index (χ1v) is 6.60. The van der Waals surface area contributed by atoms with Gasteiger partial charge in [-0.25, -0.2) is 0 Å². The Morgan fingerprint density at radius 1 is 1.06 bits per heavy atom. The minimum absolute atomic E-state index is 0.569. The van der Waals surface area contributed by atoms with Crippen molar-refractivity contribution in [3.8, 4) is 11.3 Å². The second-order valence-corrected chi connectivity index (χ2v) is 4.82. The Hall–Kier alpha value is -1.54. The molecule has 2 aromatic rings. The van der Waals surface area contributed by atoms with Gasteiger partial charge in [0.2, 0.25) is 0 Å². The summed E-state index contributed by atoms with van der Waals surface area (Å²) >= 11 is 0. The minimum atomic E-state index is 0.569. The Morgan fingerprint density at radius 2 is 1.78 bits per heavy atom. The molecule has 0 saturated carbocycles. The molecule has 0 aliphatic carbocycles. The summed E-state index contributed by atoms with van der Waals surface area (Å²) in [6, 6.07) is 12.7. The number of rotatable bonds is 5. The van der Waals surface area contributed by atoms with Crippen molar-refractivity contribution in [2.24, 2.45) is 0 Å². The summed E-state index contributed by atoms with van der Waals surface area (Å²) in [5.74, 6) is 2.50. The minimum Gasteiger partial charge on any atom is -0.460 e. The van der Waals surface area contributed by atoms with E-state index in [1.807, 2.05) is 12.1 Å². The predicted molar refractivity (Wildman–Crippen MR) is 75.6 cm³/mol. The normalized spacial score (nSPS) is 11.1. The Kier molecular flexibility index (Phi) is 4.21. The molecule has 0 unspecified atom stereocenters. The molecular weight excluding hydrogens is 222 g/mol. The first-order chi connectivity index (χ1) is 8.70. The van der Waals surface area contributed by atoms with E-state index in [4.69, 9.17) is 4.42 Å². The van der Waals surface area contributed by atoms with Crippen molar-refractivity contribution in [1.82, 2.24) is 5.32 Å². The Bertz CT molecular complexity index is 482. The van der Waals surface area contributed by atoms with Crippen LogP contribution in [0.4, 0.5) is 0 Å². The molecule has 0 amide bonds. The summed E-state index contributed by atoms with van der Waals surface area (Å²) in [5, 5.41) is 3.26. The topological polar surface area (TPSA) is 25.2 Å². The van der Waals surface area contributed by atoms with E-state index in [1.54, 1.807) is 0 Å². The van der Waals surface area contributed by atoms with Crippen molar-refractivity contribution in [1.29, 1.82) is 0 Å². The summed E-state index contributed by atoms with van der Waals surface area (Å²) in [7, 11) is 0. The summed E-state index contributed by atoms with van der Waals surface area (Å²) in [4.78, 5) is 0. The molecule has 0 saturated heterocycles. The smallest absolute Gasteiger partial charge is 0.134 e. The monoisotopic (exact) mass is 243 g/mol. The first kappa shape index (κ1) is 12.9. The van der Waals surface area contributed by atoms with Gasteiger partial charge >= 0.3 is 0 Å². The zero-order valence-corrected chi connectivity index (χ0v) is 11.4. The van der Waals surface area contributed by atoms with E-state index in [0.717, 1.165) is 30.2 Å². The van der Waals surface area contributed by atoms with Gasteiger partial charge in [-0.15, -0.1) is 0 Å². The van der Waals surface area contributed by atoms with Crippen molar-refractivity contribution in [2.45, 2.75) is 33.2 Å². The number of benzene rings is 1. The Labute approximate surface area is 109 Å². The fourth-order valence-corrected chi connectivity index (χ4v) is 1.91. The maximum atomic E-state index is 5.81. The highest BCUT2D eigenvalue weighted by molar-refractivity contribution is 5.58. The molecule has 0 radical (unpaired) electrons. The third kappa shape index (κ3) is 3.02. The van der Waals surface area contributed by atoms with Crippen LogP contribution >= 0.6 is 0 Å². The lowest BCUT2D eigenvalue weighted by atomic mass is 10.0. The average molecular weight is 243 g/mol. The maximum absolute atomic E-state index is 5.81. The van der Waals surface area contributed by atoms with Gasteiger partial charge in [-0.1, -0.05) is 45.0 Å². The van der Waals surface area contributed by atoms with Gasteiger partial charge in [-0.3, -0.25) is 0 Å². The number of nitrogens with one attached hydrogen (secondary N) is 1. The average Bonchev–Trinajstić information content (AvgIpc) is 2.85. The largest absolute Gasteiger partial charge is 0.460 e. The molecule has 1 N–H and O–H groups in total.